The molecule has 0 unspecified atom stereocenters. The summed E-state index contributed by atoms with van der Waals surface area (Å²) in [6.45, 7) is 3.88. The number of ether oxygens (including phenoxy) is 1. The van der Waals surface area contributed by atoms with Crippen LogP contribution in [0.2, 0.25) is 0 Å². The van der Waals surface area contributed by atoms with Crippen LogP contribution in [0.4, 0.5) is 0 Å². The maximum Gasteiger partial charge on any atom is 0.254 e. The number of aliphatic hydroxyl groups excluding tert-OH is 1. The second kappa shape index (κ2) is 4.79. The third kappa shape index (κ3) is 3.79. The quantitative estimate of drug-likeness (QED) is 0.394. The average Bonchev–Trinajstić information content (AvgIpc) is 1.61. The van der Waals surface area contributed by atoms with Crippen molar-refractivity contribution in [2.45, 2.75) is 6.92 Å². The van der Waals surface area contributed by atoms with Gasteiger partial charge in [-0.05, 0) is 6.92 Å². The highest BCUT2D eigenvalue weighted by Gasteiger charge is 1.87. The van der Waals surface area contributed by atoms with Gasteiger partial charge in [0.2, 0.25) is 6.61 Å². The van der Waals surface area contributed by atoms with Gasteiger partial charge in [-0.3, -0.25) is 0 Å². The molecule has 0 saturated carbocycles. The monoisotopic (exact) mass is 89.1 g/mol. The summed E-state index contributed by atoms with van der Waals surface area (Å²) in [6.07, 6.45) is 0. The third-order valence-electron chi connectivity index (χ3n) is 0.359. The van der Waals surface area contributed by atoms with Gasteiger partial charge in [-0.15, -0.1) is 0 Å². The minimum absolute atomic E-state index is 0.00778. The van der Waals surface area contributed by atoms with E-state index in [0.29, 0.717) is 6.61 Å². The number of hydrogen-bond acceptors (Lipinski definition) is 2. The van der Waals surface area contributed by atoms with E-state index in [9.17, 15) is 0 Å². The van der Waals surface area contributed by atoms with Crippen LogP contribution in [-0.2, 0) is 4.74 Å². The van der Waals surface area contributed by atoms with Gasteiger partial charge < -0.3 is 5.11 Å². The van der Waals surface area contributed by atoms with Crippen LogP contribution in [-0.4, -0.2) is 18.3 Å². The SMILES string of the molecule is CCO[CH+]CO. The minimum atomic E-state index is 0.00778. The molecule has 0 aromatic carbocycles. The molecule has 0 aliphatic heterocycles. The predicted octanol–water partition coefficient (Wildman–Crippen LogP) is 0.177. The van der Waals surface area contributed by atoms with Gasteiger partial charge in [-0.1, -0.05) is 0 Å². The van der Waals surface area contributed by atoms with E-state index in [1.807, 2.05) is 6.92 Å². The fraction of sp³-hybridized carbons (Fsp3) is 0.750. The molecule has 0 aromatic rings. The molecule has 36 valence electrons. The molecule has 1 N–H and O–H groups in total. The summed E-state index contributed by atoms with van der Waals surface area (Å²) < 4.78 is 4.61. The Kier molecular flexibility index (Phi) is 4.62. The summed E-state index contributed by atoms with van der Waals surface area (Å²) in [5.74, 6) is 0. The summed E-state index contributed by atoms with van der Waals surface area (Å²) in [6, 6.07) is 0. The predicted molar refractivity (Wildman–Crippen MR) is 23.0 cm³/mol. The van der Waals surface area contributed by atoms with E-state index in [-0.39, 0.29) is 6.61 Å². The summed E-state index contributed by atoms with van der Waals surface area (Å²) in [4.78, 5) is 0. The number of rotatable bonds is 3. The molecule has 0 amide bonds. The smallest absolute Gasteiger partial charge is 0.254 e. The van der Waals surface area contributed by atoms with Gasteiger partial charge in [0.25, 0.3) is 6.61 Å². The lowest BCUT2D eigenvalue weighted by Gasteiger charge is -1.77. The fourth-order valence-corrected chi connectivity index (χ4v) is 0.171. The van der Waals surface area contributed by atoms with Crippen molar-refractivity contribution < 1.29 is 9.84 Å². The molecule has 0 radical (unpaired) electrons. The molecule has 0 spiro atoms. The first kappa shape index (κ1) is 5.79. The second-order valence-corrected chi connectivity index (χ2v) is 0.805. The van der Waals surface area contributed by atoms with E-state index >= 15 is 0 Å². The van der Waals surface area contributed by atoms with E-state index in [4.69, 9.17) is 5.11 Å². The van der Waals surface area contributed by atoms with Gasteiger partial charge in [-0.2, -0.15) is 4.74 Å². The largest absolute Gasteiger partial charge is 0.353 e. The zero-order chi connectivity index (χ0) is 4.83. The van der Waals surface area contributed by atoms with Crippen molar-refractivity contribution >= 4 is 0 Å². The highest BCUT2D eigenvalue weighted by molar-refractivity contribution is 4.40. The molecule has 0 rings (SSSR count). The van der Waals surface area contributed by atoms with Crippen LogP contribution in [0.25, 0.3) is 0 Å². The van der Waals surface area contributed by atoms with Crippen LogP contribution in [0.3, 0.4) is 0 Å². The molecular formula is C4H9O2+. The van der Waals surface area contributed by atoms with Gasteiger partial charge >= 0.3 is 0 Å². The zero-order valence-corrected chi connectivity index (χ0v) is 3.85. The lowest BCUT2D eigenvalue weighted by molar-refractivity contribution is 0.161. The lowest BCUT2D eigenvalue weighted by atomic mass is 10.8. The van der Waals surface area contributed by atoms with Crippen LogP contribution >= 0.6 is 0 Å². The van der Waals surface area contributed by atoms with Crippen molar-refractivity contribution in [3.63, 3.8) is 0 Å². The number of hydrogen-bond donors (Lipinski definition) is 1. The molecule has 0 saturated heterocycles. The molecule has 0 aromatic heterocycles. The van der Waals surface area contributed by atoms with Crippen molar-refractivity contribution in [3.05, 3.63) is 6.61 Å². The standard InChI is InChI=1S/C4H9O2/c1-2-6-4-3-5/h4-5H,2-3H2,1H3/q+1. The van der Waals surface area contributed by atoms with Crippen molar-refractivity contribution in [2.75, 3.05) is 13.2 Å². The highest BCUT2D eigenvalue weighted by atomic mass is 16.5. The van der Waals surface area contributed by atoms with Gasteiger partial charge in [0.15, 0.2) is 0 Å². The fourth-order valence-electron chi connectivity index (χ4n) is 0.171. The molecule has 6 heavy (non-hydrogen) atoms. The zero-order valence-electron chi connectivity index (χ0n) is 3.85. The van der Waals surface area contributed by atoms with Crippen molar-refractivity contribution in [1.82, 2.24) is 0 Å². The van der Waals surface area contributed by atoms with Gasteiger partial charge in [0, 0.05) is 0 Å². The first-order valence-electron chi connectivity index (χ1n) is 1.96. The summed E-state index contributed by atoms with van der Waals surface area (Å²) in [5, 5.41) is 8.02. The highest BCUT2D eigenvalue weighted by Crippen LogP contribution is 1.74. The van der Waals surface area contributed by atoms with Crippen molar-refractivity contribution in [1.29, 1.82) is 0 Å². The Morgan fingerprint density at radius 1 is 1.83 bits per heavy atom. The van der Waals surface area contributed by atoms with Crippen LogP contribution in [0.5, 0.6) is 0 Å². The Balaban J connectivity index is 2.34. The molecule has 0 aliphatic carbocycles. The van der Waals surface area contributed by atoms with Gasteiger partial charge in [0.1, 0.15) is 0 Å². The average molecular weight is 89.1 g/mol. The molecule has 0 bridgehead atoms. The third-order valence-corrected chi connectivity index (χ3v) is 0.359. The Labute approximate surface area is 37.7 Å². The van der Waals surface area contributed by atoms with E-state index in [0.717, 1.165) is 0 Å². The maximum absolute atomic E-state index is 8.02. The van der Waals surface area contributed by atoms with Crippen molar-refractivity contribution in [2.24, 2.45) is 0 Å². The van der Waals surface area contributed by atoms with E-state index < -0.39 is 0 Å². The second-order valence-electron chi connectivity index (χ2n) is 0.805. The Hall–Kier alpha value is -0.210. The van der Waals surface area contributed by atoms with Crippen LogP contribution < -0.4 is 0 Å². The molecule has 0 fully saturated rings. The van der Waals surface area contributed by atoms with E-state index in [1.165, 1.54) is 6.61 Å². The lowest BCUT2D eigenvalue weighted by Crippen LogP contribution is -1.89. The molecule has 2 nitrogen and oxygen atoms in total. The van der Waals surface area contributed by atoms with Crippen LogP contribution in [0.15, 0.2) is 0 Å². The Bertz CT molecular complexity index is 17.5. The van der Waals surface area contributed by atoms with Crippen molar-refractivity contribution in [3.8, 4) is 0 Å². The molecule has 0 aliphatic rings. The number of aliphatic hydroxyl groups is 1. The van der Waals surface area contributed by atoms with Gasteiger partial charge in [-0.25, -0.2) is 0 Å². The van der Waals surface area contributed by atoms with Crippen LogP contribution in [0.1, 0.15) is 6.92 Å². The van der Waals surface area contributed by atoms with Gasteiger partial charge in [0.05, 0.1) is 6.61 Å². The molecule has 0 atom stereocenters. The first-order valence-corrected chi connectivity index (χ1v) is 1.96. The summed E-state index contributed by atoms with van der Waals surface area (Å²) in [5.41, 5.74) is 0. The Morgan fingerprint density at radius 3 is 2.67 bits per heavy atom. The molecule has 2 heteroatoms. The normalized spacial score (nSPS) is 8.33. The van der Waals surface area contributed by atoms with E-state index in [1.54, 1.807) is 0 Å². The molecule has 0 heterocycles. The summed E-state index contributed by atoms with van der Waals surface area (Å²) in [7, 11) is 0. The minimum Gasteiger partial charge on any atom is -0.353 e. The Morgan fingerprint density at radius 2 is 2.50 bits per heavy atom. The first-order chi connectivity index (χ1) is 2.91. The van der Waals surface area contributed by atoms with E-state index in [2.05, 4.69) is 4.74 Å². The summed E-state index contributed by atoms with van der Waals surface area (Å²) >= 11 is 0. The topological polar surface area (TPSA) is 29.5 Å². The van der Waals surface area contributed by atoms with Crippen LogP contribution in [0, 0.1) is 6.61 Å². The maximum atomic E-state index is 8.02. The molecular weight excluding hydrogens is 80.0 g/mol.